The lowest BCUT2D eigenvalue weighted by molar-refractivity contribution is 0.201. The van der Waals surface area contributed by atoms with Gasteiger partial charge in [0.05, 0.1) is 17.1 Å². The molecule has 2 atom stereocenters. The van der Waals surface area contributed by atoms with E-state index >= 15 is 0 Å². The van der Waals surface area contributed by atoms with Crippen LogP contribution in [0.4, 0.5) is 5.69 Å². The van der Waals surface area contributed by atoms with Gasteiger partial charge >= 0.3 is 0 Å². The number of sulfonamides is 1. The molecule has 2 heterocycles. The van der Waals surface area contributed by atoms with Crippen LogP contribution in [0.25, 0.3) is 0 Å². The molecule has 6 heteroatoms. The van der Waals surface area contributed by atoms with Crippen molar-refractivity contribution in [3.63, 3.8) is 0 Å². The van der Waals surface area contributed by atoms with Crippen molar-refractivity contribution in [2.45, 2.75) is 44.1 Å². The van der Waals surface area contributed by atoms with Crippen molar-refractivity contribution in [3.8, 4) is 5.75 Å². The van der Waals surface area contributed by atoms with Crippen molar-refractivity contribution in [1.29, 1.82) is 0 Å². The summed E-state index contributed by atoms with van der Waals surface area (Å²) in [4.78, 5) is 0.353. The minimum absolute atomic E-state index is 0.151. The van der Waals surface area contributed by atoms with Crippen LogP contribution in [-0.4, -0.2) is 38.5 Å². The van der Waals surface area contributed by atoms with Gasteiger partial charge in [0.2, 0.25) is 10.0 Å². The molecule has 0 aromatic heterocycles. The highest BCUT2D eigenvalue weighted by Crippen LogP contribution is 2.33. The maximum atomic E-state index is 12.8. The third-order valence-corrected chi connectivity index (χ3v) is 6.34. The molecule has 0 amide bonds. The molecular weight excluding hydrogens is 300 g/mol. The molecule has 0 radical (unpaired) electrons. The highest BCUT2D eigenvalue weighted by Gasteiger charge is 2.30. The second kappa shape index (κ2) is 6.08. The standard InChI is InChI=1S/C16H24N2O3S/c1-3-13-10-17-15-9-14(6-7-16(15)21-13)22(19,20)18-8-4-5-12(2)11-18/h6-7,9,12-13,17H,3-5,8,10-11H2,1-2H3. The lowest BCUT2D eigenvalue weighted by atomic mass is 10.0. The van der Waals surface area contributed by atoms with E-state index in [0.29, 0.717) is 30.4 Å². The first-order valence-corrected chi connectivity index (χ1v) is 9.49. The van der Waals surface area contributed by atoms with Crippen molar-refractivity contribution in [2.75, 3.05) is 25.0 Å². The topological polar surface area (TPSA) is 58.6 Å². The van der Waals surface area contributed by atoms with Crippen molar-refractivity contribution < 1.29 is 13.2 Å². The minimum atomic E-state index is -3.41. The molecule has 1 aromatic rings. The number of hydrogen-bond acceptors (Lipinski definition) is 4. The monoisotopic (exact) mass is 324 g/mol. The Morgan fingerprint density at radius 1 is 1.41 bits per heavy atom. The SMILES string of the molecule is CCC1CNc2cc(S(=O)(=O)N3CCCC(C)C3)ccc2O1. The Kier molecular flexibility index (Phi) is 4.32. The molecule has 5 nitrogen and oxygen atoms in total. The highest BCUT2D eigenvalue weighted by atomic mass is 32.2. The van der Waals surface area contributed by atoms with Crippen molar-refractivity contribution >= 4 is 15.7 Å². The zero-order valence-electron chi connectivity index (χ0n) is 13.2. The maximum Gasteiger partial charge on any atom is 0.243 e. The normalized spacial score (nSPS) is 25.9. The van der Waals surface area contributed by atoms with E-state index in [1.807, 2.05) is 0 Å². The van der Waals surface area contributed by atoms with Crippen molar-refractivity contribution in [1.82, 2.24) is 4.31 Å². The molecule has 22 heavy (non-hydrogen) atoms. The Morgan fingerprint density at radius 3 is 2.95 bits per heavy atom. The Bertz CT molecular complexity index is 645. The molecule has 3 rings (SSSR count). The van der Waals surface area contributed by atoms with E-state index in [9.17, 15) is 8.42 Å². The number of anilines is 1. The number of piperidine rings is 1. The van der Waals surface area contributed by atoms with Crippen molar-refractivity contribution in [2.24, 2.45) is 5.92 Å². The second-order valence-corrected chi connectivity index (χ2v) is 8.24. The van der Waals surface area contributed by atoms with Gasteiger partial charge in [-0.2, -0.15) is 4.31 Å². The van der Waals surface area contributed by atoms with Crippen LogP contribution in [0.5, 0.6) is 5.75 Å². The third-order valence-electron chi connectivity index (χ3n) is 4.48. The molecule has 0 spiro atoms. The molecule has 0 aliphatic carbocycles. The van der Waals surface area contributed by atoms with Gasteiger partial charge in [-0.25, -0.2) is 8.42 Å². The summed E-state index contributed by atoms with van der Waals surface area (Å²) in [6.45, 7) is 6.13. The number of nitrogens with one attached hydrogen (secondary N) is 1. The van der Waals surface area contributed by atoms with E-state index < -0.39 is 10.0 Å². The summed E-state index contributed by atoms with van der Waals surface area (Å²) in [7, 11) is -3.41. The van der Waals surface area contributed by atoms with E-state index in [4.69, 9.17) is 4.74 Å². The fraction of sp³-hybridized carbons (Fsp3) is 0.625. The first kappa shape index (κ1) is 15.6. The van der Waals surface area contributed by atoms with Gasteiger partial charge in [0.1, 0.15) is 11.9 Å². The van der Waals surface area contributed by atoms with Gasteiger partial charge in [0.15, 0.2) is 0 Å². The average molecular weight is 324 g/mol. The van der Waals surface area contributed by atoms with E-state index in [-0.39, 0.29) is 6.10 Å². The molecule has 1 N–H and O–H groups in total. The zero-order valence-corrected chi connectivity index (χ0v) is 14.0. The predicted molar refractivity (Wildman–Crippen MR) is 86.8 cm³/mol. The van der Waals surface area contributed by atoms with E-state index in [0.717, 1.165) is 30.7 Å². The Hall–Kier alpha value is -1.27. The van der Waals surface area contributed by atoms with Crippen LogP contribution in [0.15, 0.2) is 23.1 Å². The Morgan fingerprint density at radius 2 is 2.23 bits per heavy atom. The van der Waals surface area contributed by atoms with Crippen LogP contribution in [0.1, 0.15) is 33.1 Å². The van der Waals surface area contributed by atoms with E-state index in [1.165, 1.54) is 0 Å². The lowest BCUT2D eigenvalue weighted by Gasteiger charge is -2.31. The molecule has 2 aliphatic rings. The molecular formula is C16H24N2O3S. The molecule has 0 bridgehead atoms. The highest BCUT2D eigenvalue weighted by molar-refractivity contribution is 7.89. The van der Waals surface area contributed by atoms with Gasteiger partial charge in [0.25, 0.3) is 0 Å². The van der Waals surface area contributed by atoms with Gasteiger partial charge in [-0.05, 0) is 43.4 Å². The molecule has 1 fully saturated rings. The molecule has 0 saturated carbocycles. The van der Waals surface area contributed by atoms with Crippen LogP contribution >= 0.6 is 0 Å². The summed E-state index contributed by atoms with van der Waals surface area (Å²) in [5.41, 5.74) is 0.774. The minimum Gasteiger partial charge on any atom is -0.486 e. The first-order valence-electron chi connectivity index (χ1n) is 8.05. The number of benzene rings is 1. The molecule has 2 aliphatic heterocycles. The predicted octanol–water partition coefficient (Wildman–Crippen LogP) is 2.69. The van der Waals surface area contributed by atoms with Crippen LogP contribution < -0.4 is 10.1 Å². The van der Waals surface area contributed by atoms with Gasteiger partial charge in [-0.15, -0.1) is 0 Å². The molecule has 1 saturated heterocycles. The number of hydrogen-bond donors (Lipinski definition) is 1. The molecule has 1 aromatic carbocycles. The van der Waals surface area contributed by atoms with E-state index in [1.54, 1.807) is 22.5 Å². The fourth-order valence-electron chi connectivity index (χ4n) is 3.10. The van der Waals surface area contributed by atoms with Crippen LogP contribution in [0.2, 0.25) is 0 Å². The second-order valence-electron chi connectivity index (χ2n) is 6.30. The fourth-order valence-corrected chi connectivity index (χ4v) is 4.72. The number of ether oxygens (including phenoxy) is 1. The third kappa shape index (κ3) is 2.94. The quantitative estimate of drug-likeness (QED) is 0.929. The summed E-state index contributed by atoms with van der Waals surface area (Å²) in [6.07, 6.45) is 3.12. The molecule has 2 unspecified atom stereocenters. The Balaban J connectivity index is 1.86. The Labute approximate surface area is 132 Å². The first-order chi connectivity index (χ1) is 10.5. The van der Waals surface area contributed by atoms with Gasteiger partial charge in [0, 0.05) is 13.1 Å². The number of rotatable bonds is 3. The summed E-state index contributed by atoms with van der Waals surface area (Å²) >= 11 is 0. The summed E-state index contributed by atoms with van der Waals surface area (Å²) in [6, 6.07) is 5.13. The van der Waals surface area contributed by atoms with Gasteiger partial charge in [-0.3, -0.25) is 0 Å². The largest absolute Gasteiger partial charge is 0.486 e. The zero-order chi connectivity index (χ0) is 15.7. The lowest BCUT2D eigenvalue weighted by Crippen LogP contribution is -2.39. The summed E-state index contributed by atoms with van der Waals surface area (Å²) in [5.74, 6) is 1.16. The average Bonchev–Trinajstić information content (AvgIpc) is 2.53. The summed E-state index contributed by atoms with van der Waals surface area (Å²) < 4.78 is 33.0. The van der Waals surface area contributed by atoms with Gasteiger partial charge in [-0.1, -0.05) is 13.8 Å². The van der Waals surface area contributed by atoms with Gasteiger partial charge < -0.3 is 10.1 Å². The number of fused-ring (bicyclic) bond motifs is 1. The number of nitrogens with zero attached hydrogens (tertiary/aromatic N) is 1. The maximum absolute atomic E-state index is 12.8. The molecule has 122 valence electrons. The van der Waals surface area contributed by atoms with Crippen LogP contribution in [0.3, 0.4) is 0 Å². The smallest absolute Gasteiger partial charge is 0.243 e. The van der Waals surface area contributed by atoms with Crippen LogP contribution in [0, 0.1) is 5.92 Å². The summed E-state index contributed by atoms with van der Waals surface area (Å²) in [5, 5.41) is 3.28. The van der Waals surface area contributed by atoms with Crippen LogP contribution in [-0.2, 0) is 10.0 Å². The van der Waals surface area contributed by atoms with Crippen molar-refractivity contribution in [3.05, 3.63) is 18.2 Å². The van der Waals surface area contributed by atoms with E-state index in [2.05, 4.69) is 19.2 Å².